The maximum absolute atomic E-state index is 13.4. The van der Waals surface area contributed by atoms with Crippen molar-refractivity contribution in [3.05, 3.63) is 23.8 Å². The Morgan fingerprint density at radius 1 is 1.14 bits per heavy atom. The highest BCUT2D eigenvalue weighted by molar-refractivity contribution is 5.78. The average Bonchev–Trinajstić information content (AvgIpc) is 3.61. The number of ether oxygens (including phenoxy) is 4. The minimum absolute atomic E-state index is 0.0711. The molecule has 0 radical (unpaired) electrons. The lowest BCUT2D eigenvalue weighted by Gasteiger charge is -2.37. The van der Waals surface area contributed by atoms with E-state index in [9.17, 15) is 14.7 Å². The van der Waals surface area contributed by atoms with Crippen molar-refractivity contribution in [3.63, 3.8) is 0 Å². The lowest BCUT2D eigenvalue weighted by atomic mass is 9.77. The van der Waals surface area contributed by atoms with Crippen molar-refractivity contribution < 1.29 is 38.5 Å². The molecule has 37 heavy (non-hydrogen) atoms. The molecular weight excluding hydrogens is 480 g/mol. The maximum Gasteiger partial charge on any atom is 0.308 e. The van der Waals surface area contributed by atoms with Crippen LogP contribution in [0.15, 0.2) is 18.2 Å². The van der Waals surface area contributed by atoms with Crippen molar-refractivity contribution in [1.29, 1.82) is 0 Å². The molecule has 2 fully saturated rings. The number of hydroxylamine groups is 2. The number of hydrogen-bond donors (Lipinski definition) is 1. The van der Waals surface area contributed by atoms with Crippen LogP contribution >= 0.6 is 0 Å². The predicted octanol–water partition coefficient (Wildman–Crippen LogP) is 3.25. The van der Waals surface area contributed by atoms with Crippen LogP contribution in [-0.2, 0) is 23.9 Å². The summed E-state index contributed by atoms with van der Waals surface area (Å²) in [5, 5.41) is 11.9. The third-order valence-corrected chi connectivity index (χ3v) is 7.35. The molecule has 1 N–H and O–H groups in total. The first-order valence-electron chi connectivity index (χ1n) is 13.3. The van der Waals surface area contributed by atoms with Crippen molar-refractivity contribution in [1.82, 2.24) is 9.96 Å². The lowest BCUT2D eigenvalue weighted by molar-refractivity contribution is -0.188. The molecule has 3 aliphatic rings. The first-order chi connectivity index (χ1) is 17.7. The van der Waals surface area contributed by atoms with Crippen LogP contribution in [0.1, 0.15) is 58.4 Å². The van der Waals surface area contributed by atoms with E-state index in [0.717, 1.165) is 18.4 Å². The fraction of sp³-hybridized carbons (Fsp3) is 0.704. The average molecular weight is 521 g/mol. The number of carbonyl (C=O) groups excluding carboxylic acids is 1. The van der Waals surface area contributed by atoms with Crippen LogP contribution in [0.25, 0.3) is 0 Å². The molecule has 10 heteroatoms. The number of rotatable bonds is 12. The first kappa shape index (κ1) is 27.6. The number of aliphatic carboxylic acids is 1. The third kappa shape index (κ3) is 6.19. The zero-order chi connectivity index (χ0) is 26.6. The standard InChI is InChI=1S/C27H40N2O8/c1-5-9-29(37-10-6-2)23(30)16-28-15-19(18-7-8-21-22(13-18)36-17-35-21)24(25(31)32)20(28)14-27(3,4)26-33-11-12-34-26/h7-8,13,19-20,24,26H,5-6,9-12,14-17H2,1-4H3,(H,31,32). The Labute approximate surface area is 218 Å². The zero-order valence-corrected chi connectivity index (χ0v) is 22.3. The normalized spacial score (nSPS) is 24.1. The molecule has 3 aliphatic heterocycles. The summed E-state index contributed by atoms with van der Waals surface area (Å²) in [6.07, 6.45) is 1.63. The molecule has 10 nitrogen and oxygen atoms in total. The topological polar surface area (TPSA) is 107 Å². The number of carboxylic acid groups (broad SMARTS) is 1. The van der Waals surface area contributed by atoms with E-state index in [1.54, 1.807) is 0 Å². The van der Waals surface area contributed by atoms with Gasteiger partial charge in [-0.2, -0.15) is 0 Å². The van der Waals surface area contributed by atoms with Gasteiger partial charge in [0.2, 0.25) is 6.79 Å². The van der Waals surface area contributed by atoms with E-state index >= 15 is 0 Å². The van der Waals surface area contributed by atoms with Gasteiger partial charge in [-0.25, -0.2) is 5.06 Å². The Bertz CT molecular complexity index is 948. The summed E-state index contributed by atoms with van der Waals surface area (Å²) in [6, 6.07) is 5.19. The Hall–Kier alpha value is -2.40. The quantitative estimate of drug-likeness (QED) is 0.416. The fourth-order valence-corrected chi connectivity index (χ4v) is 5.59. The highest BCUT2D eigenvalue weighted by Crippen LogP contribution is 2.46. The number of hydrogen-bond acceptors (Lipinski definition) is 8. The van der Waals surface area contributed by atoms with E-state index in [4.69, 9.17) is 23.8 Å². The zero-order valence-electron chi connectivity index (χ0n) is 22.3. The Morgan fingerprint density at radius 2 is 1.86 bits per heavy atom. The smallest absolute Gasteiger partial charge is 0.308 e. The van der Waals surface area contributed by atoms with Gasteiger partial charge in [-0.3, -0.25) is 19.3 Å². The summed E-state index contributed by atoms with van der Waals surface area (Å²) in [5.41, 5.74) is 0.400. The van der Waals surface area contributed by atoms with Gasteiger partial charge in [-0.15, -0.1) is 0 Å². The van der Waals surface area contributed by atoms with Crippen LogP contribution in [0.5, 0.6) is 11.5 Å². The van der Waals surface area contributed by atoms with Gasteiger partial charge in [0, 0.05) is 30.5 Å². The second kappa shape index (κ2) is 12.0. The number of likely N-dealkylation sites (tertiary alicyclic amines) is 1. The summed E-state index contributed by atoms with van der Waals surface area (Å²) in [7, 11) is 0. The SMILES string of the molecule is CCCON(CCC)C(=O)CN1CC(c2ccc3c(c2)OCO3)C(C(=O)O)C1CC(C)(C)C1OCCO1. The molecule has 1 amide bonds. The van der Waals surface area contributed by atoms with Crippen molar-refractivity contribution in [2.45, 2.75) is 65.2 Å². The molecule has 0 saturated carbocycles. The van der Waals surface area contributed by atoms with E-state index < -0.39 is 29.6 Å². The van der Waals surface area contributed by atoms with Crippen LogP contribution in [-0.4, -0.2) is 85.5 Å². The summed E-state index contributed by atoms with van der Waals surface area (Å²) in [4.78, 5) is 33.9. The maximum atomic E-state index is 13.4. The van der Waals surface area contributed by atoms with E-state index in [2.05, 4.69) is 0 Å². The molecule has 1 aromatic rings. The Morgan fingerprint density at radius 3 is 2.54 bits per heavy atom. The Kier molecular flexibility index (Phi) is 8.94. The van der Waals surface area contributed by atoms with Gasteiger partial charge in [-0.05, 0) is 37.0 Å². The van der Waals surface area contributed by atoms with Crippen LogP contribution in [0.2, 0.25) is 0 Å². The molecule has 3 heterocycles. The first-order valence-corrected chi connectivity index (χ1v) is 13.3. The van der Waals surface area contributed by atoms with Crippen molar-refractivity contribution in [2.75, 3.05) is 46.2 Å². The second-order valence-corrected chi connectivity index (χ2v) is 10.7. The number of carbonyl (C=O) groups is 2. The third-order valence-electron chi connectivity index (χ3n) is 7.35. The molecule has 0 aromatic heterocycles. The number of fused-ring (bicyclic) bond motifs is 1. The fourth-order valence-electron chi connectivity index (χ4n) is 5.59. The molecule has 3 atom stereocenters. The van der Waals surface area contributed by atoms with Crippen LogP contribution in [0, 0.1) is 11.3 Å². The molecule has 4 rings (SSSR count). The monoisotopic (exact) mass is 520 g/mol. The van der Waals surface area contributed by atoms with E-state index in [1.165, 1.54) is 5.06 Å². The van der Waals surface area contributed by atoms with Crippen molar-refractivity contribution >= 4 is 11.9 Å². The Balaban J connectivity index is 1.63. The van der Waals surface area contributed by atoms with Crippen LogP contribution in [0.3, 0.4) is 0 Å². The number of benzene rings is 1. The van der Waals surface area contributed by atoms with Gasteiger partial charge in [0.1, 0.15) is 0 Å². The van der Waals surface area contributed by atoms with E-state index in [-0.39, 0.29) is 25.2 Å². The van der Waals surface area contributed by atoms with Gasteiger partial charge in [-0.1, -0.05) is 33.8 Å². The number of carboxylic acids is 1. The van der Waals surface area contributed by atoms with Gasteiger partial charge < -0.3 is 24.1 Å². The molecule has 0 spiro atoms. The minimum atomic E-state index is -0.890. The van der Waals surface area contributed by atoms with Gasteiger partial charge >= 0.3 is 5.97 Å². The summed E-state index contributed by atoms with van der Waals surface area (Å²) in [6.45, 7) is 10.7. The highest BCUT2D eigenvalue weighted by atomic mass is 16.7. The summed E-state index contributed by atoms with van der Waals surface area (Å²) >= 11 is 0. The molecule has 3 unspecified atom stereocenters. The largest absolute Gasteiger partial charge is 0.481 e. The van der Waals surface area contributed by atoms with Crippen LogP contribution < -0.4 is 9.47 Å². The number of nitrogens with zero attached hydrogens (tertiary/aromatic N) is 2. The van der Waals surface area contributed by atoms with Gasteiger partial charge in [0.25, 0.3) is 5.91 Å². The van der Waals surface area contributed by atoms with E-state index in [0.29, 0.717) is 50.8 Å². The van der Waals surface area contributed by atoms with Crippen molar-refractivity contribution in [2.24, 2.45) is 11.3 Å². The highest BCUT2D eigenvalue weighted by Gasteiger charge is 2.50. The summed E-state index contributed by atoms with van der Waals surface area (Å²) < 4.78 is 22.6. The minimum Gasteiger partial charge on any atom is -0.481 e. The van der Waals surface area contributed by atoms with Crippen molar-refractivity contribution in [3.8, 4) is 11.5 Å². The van der Waals surface area contributed by atoms with Gasteiger partial charge in [0.15, 0.2) is 17.8 Å². The summed E-state index contributed by atoms with van der Waals surface area (Å²) in [5.74, 6) is -0.853. The molecule has 206 valence electrons. The van der Waals surface area contributed by atoms with E-state index in [1.807, 2.05) is 50.8 Å². The predicted molar refractivity (Wildman–Crippen MR) is 134 cm³/mol. The molecule has 1 aromatic carbocycles. The lowest BCUT2D eigenvalue weighted by Crippen LogP contribution is -2.47. The molecule has 0 bridgehead atoms. The number of amides is 1. The molecule has 0 aliphatic carbocycles. The second-order valence-electron chi connectivity index (χ2n) is 10.7. The molecule has 2 saturated heterocycles. The van der Waals surface area contributed by atoms with Crippen LogP contribution in [0.4, 0.5) is 0 Å². The van der Waals surface area contributed by atoms with Gasteiger partial charge in [0.05, 0.1) is 32.3 Å². The molecular formula is C27H40N2O8.